The van der Waals surface area contributed by atoms with E-state index >= 15 is 0 Å². The van der Waals surface area contributed by atoms with Gasteiger partial charge in [-0.1, -0.05) is 26.0 Å². The van der Waals surface area contributed by atoms with E-state index in [1.807, 2.05) is 68.4 Å². The van der Waals surface area contributed by atoms with Gasteiger partial charge in [-0.05, 0) is 73.9 Å². The molecule has 1 amide bonds. The van der Waals surface area contributed by atoms with Gasteiger partial charge in [0.25, 0.3) is 5.91 Å². The third kappa shape index (κ3) is 6.15. The molecule has 5 heteroatoms. The number of nitrogens with zero attached hydrogens (tertiary/aromatic N) is 1. The molecule has 0 fully saturated rings. The van der Waals surface area contributed by atoms with Crippen LogP contribution in [0.15, 0.2) is 60.7 Å². The topological polar surface area (TPSA) is 60.5 Å². The number of carbonyl (C=O) groups excluding carboxylic acids is 1. The molecule has 0 spiro atoms. The molecule has 1 aromatic heterocycles. The number of nitrogens with one attached hydrogen (secondary N) is 1. The minimum atomic E-state index is -0.186. The molecule has 0 radical (unpaired) electrons. The normalized spacial score (nSPS) is 11.9. The highest BCUT2D eigenvalue weighted by atomic mass is 16.5. The van der Waals surface area contributed by atoms with Crippen LogP contribution in [0.3, 0.4) is 0 Å². The Hall–Kier alpha value is -3.18. The van der Waals surface area contributed by atoms with Crippen LogP contribution in [0.4, 0.5) is 5.69 Å². The summed E-state index contributed by atoms with van der Waals surface area (Å²) in [4.78, 5) is 17.2. The van der Waals surface area contributed by atoms with Crippen LogP contribution in [0.25, 0.3) is 0 Å². The fourth-order valence-corrected chi connectivity index (χ4v) is 3.22. The number of benzene rings is 2. The van der Waals surface area contributed by atoms with Crippen LogP contribution < -0.4 is 10.1 Å². The molecule has 3 rings (SSSR count). The average molecular weight is 419 g/mol. The van der Waals surface area contributed by atoms with E-state index in [0.717, 1.165) is 11.4 Å². The lowest BCUT2D eigenvalue weighted by atomic mass is 10.0. The lowest BCUT2D eigenvalue weighted by Gasteiger charge is -2.12. The van der Waals surface area contributed by atoms with E-state index < -0.39 is 0 Å². The first-order valence-electron chi connectivity index (χ1n) is 10.5. The fourth-order valence-electron chi connectivity index (χ4n) is 3.22. The molecule has 2 aromatic carbocycles. The summed E-state index contributed by atoms with van der Waals surface area (Å²) in [6.45, 7) is 8.15. The van der Waals surface area contributed by atoms with Gasteiger partial charge in [0.1, 0.15) is 11.5 Å². The summed E-state index contributed by atoms with van der Waals surface area (Å²) in [5.41, 5.74) is 4.09. The van der Waals surface area contributed by atoms with Crippen molar-refractivity contribution in [1.82, 2.24) is 4.98 Å². The van der Waals surface area contributed by atoms with Crippen LogP contribution in [0.1, 0.15) is 54.0 Å². The second-order valence-corrected chi connectivity index (χ2v) is 7.99. The number of aryl methyl sites for hydroxylation is 1. The van der Waals surface area contributed by atoms with Gasteiger partial charge in [0.05, 0.1) is 17.4 Å². The third-order valence-corrected chi connectivity index (χ3v) is 5.16. The number of anilines is 1. The Balaban J connectivity index is 1.64. The smallest absolute Gasteiger partial charge is 0.257 e. The van der Waals surface area contributed by atoms with Crippen molar-refractivity contribution >= 4 is 11.6 Å². The summed E-state index contributed by atoms with van der Waals surface area (Å²) >= 11 is 0. The van der Waals surface area contributed by atoms with Crippen LogP contribution in [0.2, 0.25) is 0 Å². The third-order valence-electron chi connectivity index (χ3n) is 5.16. The lowest BCUT2D eigenvalue weighted by Crippen LogP contribution is -2.16. The van der Waals surface area contributed by atoms with E-state index in [-0.39, 0.29) is 12.0 Å². The van der Waals surface area contributed by atoms with Crippen LogP contribution in [-0.2, 0) is 11.2 Å². The van der Waals surface area contributed by atoms with Gasteiger partial charge in [-0.3, -0.25) is 9.78 Å². The molecule has 0 aliphatic heterocycles. The van der Waals surface area contributed by atoms with Gasteiger partial charge in [-0.2, -0.15) is 0 Å². The summed E-state index contributed by atoms with van der Waals surface area (Å²) in [6, 6.07) is 19.1. The number of carbonyl (C=O) groups is 1. The monoisotopic (exact) mass is 418 g/mol. The van der Waals surface area contributed by atoms with Crippen molar-refractivity contribution in [2.45, 2.75) is 46.1 Å². The van der Waals surface area contributed by atoms with Crippen molar-refractivity contribution in [3.8, 4) is 11.5 Å². The Labute approximate surface area is 184 Å². The zero-order chi connectivity index (χ0) is 22.4. The van der Waals surface area contributed by atoms with Crippen LogP contribution in [-0.4, -0.2) is 24.1 Å². The van der Waals surface area contributed by atoms with Crippen molar-refractivity contribution < 1.29 is 14.3 Å². The van der Waals surface area contributed by atoms with Crippen LogP contribution in [0, 0.1) is 6.92 Å². The highest BCUT2D eigenvalue weighted by Gasteiger charge is 2.12. The first kappa shape index (κ1) is 22.5. The Morgan fingerprint density at radius 3 is 2.39 bits per heavy atom. The van der Waals surface area contributed by atoms with E-state index in [0.29, 0.717) is 35.0 Å². The number of hydrogen-bond acceptors (Lipinski definition) is 4. The number of amides is 1. The molecule has 0 aliphatic carbocycles. The molecule has 0 saturated carbocycles. The van der Waals surface area contributed by atoms with Crippen molar-refractivity contribution in [3.05, 3.63) is 83.2 Å². The highest BCUT2D eigenvalue weighted by molar-refractivity contribution is 6.05. The number of pyridine rings is 1. The summed E-state index contributed by atoms with van der Waals surface area (Å²) in [7, 11) is 1.68. The summed E-state index contributed by atoms with van der Waals surface area (Å²) < 4.78 is 11.2. The number of methoxy groups -OCH3 is 1. The first-order chi connectivity index (χ1) is 14.9. The Morgan fingerprint density at radius 2 is 1.74 bits per heavy atom. The van der Waals surface area contributed by atoms with Crippen LogP contribution in [0.5, 0.6) is 11.5 Å². The van der Waals surface area contributed by atoms with Crippen molar-refractivity contribution in [1.29, 1.82) is 0 Å². The highest BCUT2D eigenvalue weighted by Crippen LogP contribution is 2.26. The molecule has 1 atom stereocenters. The summed E-state index contributed by atoms with van der Waals surface area (Å²) in [5, 5.41) is 2.93. The van der Waals surface area contributed by atoms with Gasteiger partial charge in [-0.15, -0.1) is 0 Å². The molecule has 0 bridgehead atoms. The van der Waals surface area contributed by atoms with E-state index in [4.69, 9.17) is 9.47 Å². The molecule has 31 heavy (non-hydrogen) atoms. The Kier molecular flexibility index (Phi) is 7.42. The summed E-state index contributed by atoms with van der Waals surface area (Å²) in [5.74, 6) is 1.77. The van der Waals surface area contributed by atoms with E-state index in [9.17, 15) is 4.79 Å². The number of ether oxygens (including phenoxy) is 2. The largest absolute Gasteiger partial charge is 0.457 e. The van der Waals surface area contributed by atoms with Gasteiger partial charge in [0.15, 0.2) is 0 Å². The number of rotatable bonds is 8. The maximum Gasteiger partial charge on any atom is 0.257 e. The zero-order valence-corrected chi connectivity index (χ0v) is 18.8. The zero-order valence-electron chi connectivity index (χ0n) is 18.8. The second kappa shape index (κ2) is 10.2. The molecule has 5 nitrogen and oxygen atoms in total. The average Bonchev–Trinajstić information content (AvgIpc) is 2.75. The number of hydrogen-bond donors (Lipinski definition) is 1. The molecular formula is C26H30N2O3. The van der Waals surface area contributed by atoms with Gasteiger partial charge < -0.3 is 14.8 Å². The Bertz CT molecular complexity index is 1030. The van der Waals surface area contributed by atoms with Gasteiger partial charge in [0.2, 0.25) is 0 Å². The predicted molar refractivity (Wildman–Crippen MR) is 124 cm³/mol. The number of aromatic nitrogens is 1. The van der Waals surface area contributed by atoms with Gasteiger partial charge in [-0.25, -0.2) is 0 Å². The molecule has 0 saturated heterocycles. The van der Waals surface area contributed by atoms with Crippen molar-refractivity contribution in [2.24, 2.45) is 0 Å². The molecule has 162 valence electrons. The maximum atomic E-state index is 12.7. The Morgan fingerprint density at radius 1 is 1.00 bits per heavy atom. The first-order valence-corrected chi connectivity index (χ1v) is 10.5. The molecule has 1 heterocycles. The molecule has 0 aliphatic rings. The fraction of sp³-hybridized carbons (Fsp3) is 0.308. The van der Waals surface area contributed by atoms with Gasteiger partial charge >= 0.3 is 0 Å². The standard InChI is InChI=1S/C26H30N2O3/c1-17(2)20-7-6-8-24(16-20)31-23-12-9-21(10-13-23)28-26(29)25-14-11-22(27-19(25)4)15-18(3)30-5/h6-14,16-18H,15H2,1-5H3,(H,28,29). The van der Waals surface area contributed by atoms with Gasteiger partial charge in [0, 0.05) is 24.9 Å². The van der Waals surface area contributed by atoms with E-state index in [1.54, 1.807) is 7.11 Å². The van der Waals surface area contributed by atoms with E-state index in [2.05, 4.69) is 30.2 Å². The van der Waals surface area contributed by atoms with E-state index in [1.165, 1.54) is 5.56 Å². The minimum Gasteiger partial charge on any atom is -0.457 e. The maximum absolute atomic E-state index is 12.7. The SMILES string of the molecule is COC(C)Cc1ccc(C(=O)Nc2ccc(Oc3cccc(C(C)C)c3)cc2)c(C)n1. The van der Waals surface area contributed by atoms with Crippen LogP contribution >= 0.6 is 0 Å². The lowest BCUT2D eigenvalue weighted by molar-refractivity contribution is 0.102. The predicted octanol–water partition coefficient (Wildman–Crippen LogP) is 6.14. The second-order valence-electron chi connectivity index (χ2n) is 7.99. The quantitative estimate of drug-likeness (QED) is 0.478. The van der Waals surface area contributed by atoms with Crippen molar-refractivity contribution in [3.63, 3.8) is 0 Å². The molecule has 3 aromatic rings. The van der Waals surface area contributed by atoms with Crippen molar-refractivity contribution in [2.75, 3.05) is 12.4 Å². The summed E-state index contributed by atoms with van der Waals surface area (Å²) in [6.07, 6.45) is 0.793. The molecule has 1 unspecified atom stereocenters. The molecule has 1 N–H and O–H groups in total. The minimum absolute atomic E-state index is 0.0835. The molecular weight excluding hydrogens is 388 g/mol.